The highest BCUT2D eigenvalue weighted by atomic mass is 16.5. The van der Waals surface area contributed by atoms with Crippen molar-refractivity contribution in [1.82, 2.24) is 0 Å². The molecule has 3 aromatic carbocycles. The van der Waals surface area contributed by atoms with Crippen LogP contribution in [0.25, 0.3) is 0 Å². The van der Waals surface area contributed by atoms with Crippen molar-refractivity contribution in [2.75, 3.05) is 13.2 Å². The van der Waals surface area contributed by atoms with Gasteiger partial charge in [-0.05, 0) is 60.2 Å². The highest BCUT2D eigenvalue weighted by Gasteiger charge is 2.52. The van der Waals surface area contributed by atoms with Crippen molar-refractivity contribution in [2.45, 2.75) is 64.9 Å². The van der Waals surface area contributed by atoms with Gasteiger partial charge in [0, 0.05) is 5.56 Å². The van der Waals surface area contributed by atoms with E-state index >= 15 is 0 Å². The zero-order valence-corrected chi connectivity index (χ0v) is 21.1. The predicted molar refractivity (Wildman–Crippen MR) is 139 cm³/mol. The molecule has 4 rings (SSSR count). The van der Waals surface area contributed by atoms with Gasteiger partial charge in [-0.2, -0.15) is 0 Å². The third-order valence-corrected chi connectivity index (χ3v) is 6.75. The van der Waals surface area contributed by atoms with Gasteiger partial charge in [0.25, 0.3) is 0 Å². The summed E-state index contributed by atoms with van der Waals surface area (Å²) in [5, 5.41) is 0. The SMILES string of the molecule is CCCCOc1ccc(C2(c3ccc(OCCCC)cc3)c3ccccc3OC2C(C)C)cc1. The van der Waals surface area contributed by atoms with E-state index in [-0.39, 0.29) is 6.10 Å². The normalized spacial score (nSPS) is 16.2. The maximum Gasteiger partial charge on any atom is 0.124 e. The van der Waals surface area contributed by atoms with E-state index in [1.54, 1.807) is 0 Å². The second-order valence-corrected chi connectivity index (χ2v) is 9.54. The molecule has 3 nitrogen and oxygen atoms in total. The van der Waals surface area contributed by atoms with Crippen LogP contribution in [0.15, 0.2) is 72.8 Å². The first-order valence-corrected chi connectivity index (χ1v) is 12.8. The summed E-state index contributed by atoms with van der Waals surface area (Å²) in [6.07, 6.45) is 4.36. The summed E-state index contributed by atoms with van der Waals surface area (Å²) in [5.74, 6) is 3.11. The number of hydrogen-bond acceptors (Lipinski definition) is 3. The zero-order valence-electron chi connectivity index (χ0n) is 21.1. The number of rotatable bonds is 11. The van der Waals surface area contributed by atoms with E-state index < -0.39 is 5.41 Å². The monoisotopic (exact) mass is 458 g/mol. The molecule has 3 aromatic rings. The molecule has 0 amide bonds. The summed E-state index contributed by atoms with van der Waals surface area (Å²) in [4.78, 5) is 0. The fraction of sp³-hybridized carbons (Fsp3) is 0.419. The van der Waals surface area contributed by atoms with Crippen LogP contribution in [0.3, 0.4) is 0 Å². The van der Waals surface area contributed by atoms with Gasteiger partial charge in [0.15, 0.2) is 0 Å². The van der Waals surface area contributed by atoms with Gasteiger partial charge in [-0.3, -0.25) is 0 Å². The van der Waals surface area contributed by atoms with Crippen LogP contribution in [0, 0.1) is 5.92 Å². The minimum atomic E-state index is -0.408. The Hall–Kier alpha value is -2.94. The first-order chi connectivity index (χ1) is 16.6. The zero-order chi connectivity index (χ0) is 24.0. The lowest BCUT2D eigenvalue weighted by Gasteiger charge is -2.38. The average molecular weight is 459 g/mol. The van der Waals surface area contributed by atoms with Crippen LogP contribution in [0.2, 0.25) is 0 Å². The summed E-state index contributed by atoms with van der Waals surface area (Å²) < 4.78 is 18.6. The number of fused-ring (bicyclic) bond motifs is 1. The van der Waals surface area contributed by atoms with Crippen LogP contribution in [0.4, 0.5) is 0 Å². The number of unbranched alkanes of at least 4 members (excludes halogenated alkanes) is 2. The molecule has 0 saturated heterocycles. The van der Waals surface area contributed by atoms with Crippen molar-refractivity contribution in [1.29, 1.82) is 0 Å². The Kier molecular flexibility index (Phi) is 7.82. The molecule has 1 aliphatic heterocycles. The fourth-order valence-corrected chi connectivity index (χ4v) is 5.01. The smallest absolute Gasteiger partial charge is 0.124 e. The van der Waals surface area contributed by atoms with Crippen molar-refractivity contribution in [3.8, 4) is 17.2 Å². The summed E-state index contributed by atoms with van der Waals surface area (Å²) in [5.41, 5.74) is 3.25. The van der Waals surface area contributed by atoms with E-state index in [2.05, 4.69) is 100 Å². The van der Waals surface area contributed by atoms with Crippen molar-refractivity contribution in [3.63, 3.8) is 0 Å². The van der Waals surface area contributed by atoms with Crippen LogP contribution in [0.5, 0.6) is 17.2 Å². The topological polar surface area (TPSA) is 27.7 Å². The van der Waals surface area contributed by atoms with Crippen LogP contribution < -0.4 is 14.2 Å². The Morgan fingerprint density at radius 1 is 0.735 bits per heavy atom. The van der Waals surface area contributed by atoms with Gasteiger partial charge in [-0.15, -0.1) is 0 Å². The number of para-hydroxylation sites is 1. The number of benzene rings is 3. The average Bonchev–Trinajstić information content (AvgIpc) is 3.22. The molecule has 0 N–H and O–H groups in total. The largest absolute Gasteiger partial charge is 0.494 e. The molecule has 34 heavy (non-hydrogen) atoms. The third kappa shape index (κ3) is 4.66. The lowest BCUT2D eigenvalue weighted by atomic mass is 9.64. The molecule has 0 fully saturated rings. The maximum atomic E-state index is 6.65. The highest BCUT2D eigenvalue weighted by Crippen LogP contribution is 2.53. The van der Waals surface area contributed by atoms with Crippen molar-refractivity contribution >= 4 is 0 Å². The molecule has 0 saturated carbocycles. The van der Waals surface area contributed by atoms with Crippen LogP contribution in [0.1, 0.15) is 70.1 Å². The highest BCUT2D eigenvalue weighted by molar-refractivity contribution is 5.61. The Morgan fingerprint density at radius 3 is 1.71 bits per heavy atom. The van der Waals surface area contributed by atoms with E-state index in [1.807, 2.05) is 0 Å². The Bertz CT molecular complexity index is 984. The summed E-state index contributed by atoms with van der Waals surface area (Å²) in [6, 6.07) is 25.8. The van der Waals surface area contributed by atoms with E-state index in [0.29, 0.717) is 5.92 Å². The third-order valence-electron chi connectivity index (χ3n) is 6.75. The number of hydrogen-bond donors (Lipinski definition) is 0. The van der Waals surface area contributed by atoms with Crippen LogP contribution >= 0.6 is 0 Å². The van der Waals surface area contributed by atoms with Gasteiger partial charge in [0.05, 0.1) is 18.6 Å². The molecular formula is C31H38O3. The molecule has 1 unspecified atom stereocenters. The lowest BCUT2D eigenvalue weighted by Crippen LogP contribution is -2.43. The summed E-state index contributed by atoms with van der Waals surface area (Å²) >= 11 is 0. The number of ether oxygens (including phenoxy) is 3. The van der Waals surface area contributed by atoms with Gasteiger partial charge in [-0.1, -0.05) is 83.0 Å². The van der Waals surface area contributed by atoms with E-state index in [9.17, 15) is 0 Å². The predicted octanol–water partition coefficient (Wildman–Crippen LogP) is 7.80. The van der Waals surface area contributed by atoms with E-state index in [4.69, 9.17) is 14.2 Å². The van der Waals surface area contributed by atoms with Crippen molar-refractivity contribution < 1.29 is 14.2 Å². The maximum absolute atomic E-state index is 6.65. The van der Waals surface area contributed by atoms with Crippen LogP contribution in [-0.2, 0) is 5.41 Å². The minimum Gasteiger partial charge on any atom is -0.494 e. The molecule has 180 valence electrons. The first kappa shape index (κ1) is 24.2. The molecule has 3 heteroatoms. The van der Waals surface area contributed by atoms with Gasteiger partial charge in [0.1, 0.15) is 23.4 Å². The molecule has 0 aliphatic carbocycles. The Balaban J connectivity index is 1.79. The Labute approximate surface area is 205 Å². The molecule has 1 aliphatic rings. The standard InChI is InChI=1S/C31H38O3/c1-5-7-21-32-26-17-13-24(14-18-26)31(25-15-19-27(20-16-25)33-22-8-6-2)28-11-9-10-12-29(28)34-30(31)23(3)4/h9-20,23,30H,5-8,21-22H2,1-4H3. The molecular weight excluding hydrogens is 420 g/mol. The molecule has 0 spiro atoms. The van der Waals surface area contributed by atoms with Crippen molar-refractivity contribution in [2.24, 2.45) is 5.92 Å². The molecule has 0 radical (unpaired) electrons. The fourth-order valence-electron chi connectivity index (χ4n) is 5.01. The van der Waals surface area contributed by atoms with Gasteiger partial charge >= 0.3 is 0 Å². The van der Waals surface area contributed by atoms with Gasteiger partial charge < -0.3 is 14.2 Å². The van der Waals surface area contributed by atoms with E-state index in [0.717, 1.165) is 56.1 Å². The Morgan fingerprint density at radius 2 is 1.24 bits per heavy atom. The van der Waals surface area contributed by atoms with Crippen molar-refractivity contribution in [3.05, 3.63) is 89.5 Å². The summed E-state index contributed by atoms with van der Waals surface area (Å²) in [6.45, 7) is 10.4. The van der Waals surface area contributed by atoms with E-state index in [1.165, 1.54) is 16.7 Å². The van der Waals surface area contributed by atoms with Gasteiger partial charge in [-0.25, -0.2) is 0 Å². The minimum absolute atomic E-state index is 0.0244. The molecule has 1 heterocycles. The lowest BCUT2D eigenvalue weighted by molar-refractivity contribution is 0.135. The second kappa shape index (κ2) is 11.0. The first-order valence-electron chi connectivity index (χ1n) is 12.8. The van der Waals surface area contributed by atoms with Gasteiger partial charge in [0.2, 0.25) is 0 Å². The van der Waals surface area contributed by atoms with Crippen LogP contribution in [-0.4, -0.2) is 19.3 Å². The molecule has 0 aromatic heterocycles. The summed E-state index contributed by atoms with van der Waals surface area (Å²) in [7, 11) is 0. The second-order valence-electron chi connectivity index (χ2n) is 9.54. The molecule has 0 bridgehead atoms. The quantitative estimate of drug-likeness (QED) is 0.274. The molecule has 1 atom stereocenters.